The Labute approximate surface area is 117 Å². The maximum absolute atomic E-state index is 11.2. The molecular formula is C13H17N3O2S. The van der Waals surface area contributed by atoms with Crippen molar-refractivity contribution in [3.8, 4) is 0 Å². The van der Waals surface area contributed by atoms with Gasteiger partial charge in [0.05, 0.1) is 13.2 Å². The van der Waals surface area contributed by atoms with Crippen molar-refractivity contribution in [1.82, 2.24) is 10.4 Å². The Balaban J connectivity index is 1.85. The fourth-order valence-corrected chi connectivity index (χ4v) is 2.01. The lowest BCUT2D eigenvalue weighted by Gasteiger charge is -2.28. The van der Waals surface area contributed by atoms with Crippen LogP contribution in [0.15, 0.2) is 24.3 Å². The lowest BCUT2D eigenvalue weighted by atomic mass is 10.1. The summed E-state index contributed by atoms with van der Waals surface area (Å²) in [4.78, 5) is 11.2. The van der Waals surface area contributed by atoms with Gasteiger partial charge in [-0.2, -0.15) is 0 Å². The van der Waals surface area contributed by atoms with E-state index in [-0.39, 0.29) is 5.78 Å². The van der Waals surface area contributed by atoms with Gasteiger partial charge in [-0.05, 0) is 43.4 Å². The molecule has 2 N–H and O–H groups in total. The third-order valence-electron chi connectivity index (χ3n) is 2.82. The van der Waals surface area contributed by atoms with E-state index in [4.69, 9.17) is 17.0 Å². The average Bonchev–Trinajstić information content (AvgIpc) is 2.40. The number of carbonyl (C=O) groups is 1. The van der Waals surface area contributed by atoms with Crippen LogP contribution >= 0.6 is 12.2 Å². The number of anilines is 1. The van der Waals surface area contributed by atoms with Crippen molar-refractivity contribution in [3.05, 3.63) is 29.8 Å². The topological polar surface area (TPSA) is 53.6 Å². The third-order valence-corrected chi connectivity index (χ3v) is 3.01. The Bertz CT molecular complexity index is 455. The number of ether oxygens (including phenoxy) is 1. The lowest BCUT2D eigenvalue weighted by Crippen LogP contribution is -2.49. The number of carbonyl (C=O) groups excluding carboxylic acids is 1. The van der Waals surface area contributed by atoms with Crippen molar-refractivity contribution in [2.45, 2.75) is 6.92 Å². The van der Waals surface area contributed by atoms with Gasteiger partial charge < -0.3 is 10.1 Å². The lowest BCUT2D eigenvalue weighted by molar-refractivity contribution is 0.0252. The average molecular weight is 279 g/mol. The zero-order chi connectivity index (χ0) is 13.7. The van der Waals surface area contributed by atoms with Gasteiger partial charge in [0.15, 0.2) is 10.9 Å². The number of hydrogen-bond donors (Lipinski definition) is 2. The van der Waals surface area contributed by atoms with Crippen LogP contribution in [0.1, 0.15) is 17.3 Å². The Morgan fingerprint density at radius 3 is 2.47 bits per heavy atom. The Morgan fingerprint density at radius 1 is 1.26 bits per heavy atom. The summed E-state index contributed by atoms with van der Waals surface area (Å²) >= 11 is 5.23. The van der Waals surface area contributed by atoms with Gasteiger partial charge in [0, 0.05) is 24.3 Å². The van der Waals surface area contributed by atoms with E-state index in [2.05, 4.69) is 10.7 Å². The first-order valence-corrected chi connectivity index (χ1v) is 6.57. The molecule has 102 valence electrons. The quantitative estimate of drug-likeness (QED) is 0.645. The number of hydrazine groups is 1. The molecule has 1 aromatic rings. The normalized spacial score (nSPS) is 15.8. The fourth-order valence-electron chi connectivity index (χ4n) is 1.77. The number of benzene rings is 1. The molecule has 1 saturated heterocycles. The molecule has 6 heteroatoms. The molecule has 1 heterocycles. The molecule has 0 bridgehead atoms. The highest BCUT2D eigenvalue weighted by Crippen LogP contribution is 2.10. The largest absolute Gasteiger partial charge is 0.379 e. The van der Waals surface area contributed by atoms with Gasteiger partial charge in [0.25, 0.3) is 0 Å². The van der Waals surface area contributed by atoms with Crippen LogP contribution in [0.25, 0.3) is 0 Å². The summed E-state index contributed by atoms with van der Waals surface area (Å²) in [5, 5.41) is 5.64. The third kappa shape index (κ3) is 4.27. The summed E-state index contributed by atoms with van der Waals surface area (Å²) in [7, 11) is 0. The first kappa shape index (κ1) is 13.9. The van der Waals surface area contributed by atoms with Crippen molar-refractivity contribution in [2.75, 3.05) is 31.6 Å². The predicted molar refractivity (Wildman–Crippen MR) is 78.2 cm³/mol. The van der Waals surface area contributed by atoms with Crippen LogP contribution in [0.2, 0.25) is 0 Å². The smallest absolute Gasteiger partial charge is 0.185 e. The molecule has 0 aromatic heterocycles. The summed E-state index contributed by atoms with van der Waals surface area (Å²) in [6, 6.07) is 7.23. The van der Waals surface area contributed by atoms with Gasteiger partial charge in [0.2, 0.25) is 0 Å². The number of Topliss-reactive ketones (excluding diaryl/α,β-unsaturated/α-hetero) is 1. The van der Waals surface area contributed by atoms with E-state index >= 15 is 0 Å². The van der Waals surface area contributed by atoms with Gasteiger partial charge in [-0.1, -0.05) is 0 Å². The molecule has 19 heavy (non-hydrogen) atoms. The summed E-state index contributed by atoms with van der Waals surface area (Å²) < 4.78 is 5.26. The van der Waals surface area contributed by atoms with E-state index < -0.39 is 0 Å². The van der Waals surface area contributed by atoms with E-state index in [0.29, 0.717) is 23.9 Å². The van der Waals surface area contributed by atoms with Crippen LogP contribution in [0.4, 0.5) is 5.69 Å². The Kier molecular flexibility index (Phi) is 4.84. The zero-order valence-corrected chi connectivity index (χ0v) is 11.6. The summed E-state index contributed by atoms with van der Waals surface area (Å²) in [5.41, 5.74) is 4.66. The molecule has 0 amide bonds. The molecule has 0 spiro atoms. The van der Waals surface area contributed by atoms with E-state index in [9.17, 15) is 4.79 Å². The van der Waals surface area contributed by atoms with Crippen LogP contribution in [0.5, 0.6) is 0 Å². The molecule has 2 rings (SSSR count). The van der Waals surface area contributed by atoms with Crippen LogP contribution in [0.3, 0.4) is 0 Å². The van der Waals surface area contributed by atoms with Gasteiger partial charge in [-0.3, -0.25) is 10.2 Å². The second kappa shape index (κ2) is 6.60. The maximum Gasteiger partial charge on any atom is 0.185 e. The monoisotopic (exact) mass is 279 g/mol. The number of nitrogens with zero attached hydrogens (tertiary/aromatic N) is 1. The van der Waals surface area contributed by atoms with Gasteiger partial charge in [-0.15, -0.1) is 0 Å². The number of thiocarbonyl (C=S) groups is 1. The molecule has 0 atom stereocenters. The minimum Gasteiger partial charge on any atom is -0.379 e. The first-order chi connectivity index (χ1) is 9.15. The zero-order valence-electron chi connectivity index (χ0n) is 10.8. The van der Waals surface area contributed by atoms with E-state index in [1.807, 2.05) is 17.1 Å². The minimum atomic E-state index is 0.0561. The van der Waals surface area contributed by atoms with Crippen molar-refractivity contribution >= 4 is 28.8 Å². The maximum atomic E-state index is 11.2. The van der Waals surface area contributed by atoms with Crippen LogP contribution in [-0.2, 0) is 4.74 Å². The van der Waals surface area contributed by atoms with Gasteiger partial charge >= 0.3 is 0 Å². The van der Waals surface area contributed by atoms with Crippen molar-refractivity contribution < 1.29 is 9.53 Å². The molecule has 1 aliphatic rings. The SMILES string of the molecule is CC(=O)c1ccc(NC(=S)NN2CCOCC2)cc1. The fraction of sp³-hybridized carbons (Fsp3) is 0.385. The van der Waals surface area contributed by atoms with Crippen LogP contribution in [-0.4, -0.2) is 42.2 Å². The highest BCUT2D eigenvalue weighted by atomic mass is 32.1. The predicted octanol–water partition coefficient (Wildman–Crippen LogP) is 1.42. The summed E-state index contributed by atoms with van der Waals surface area (Å²) in [6.07, 6.45) is 0. The van der Waals surface area contributed by atoms with Crippen LogP contribution in [0, 0.1) is 0 Å². The summed E-state index contributed by atoms with van der Waals surface area (Å²) in [5.74, 6) is 0.0561. The van der Waals surface area contributed by atoms with E-state index in [1.165, 1.54) is 0 Å². The Morgan fingerprint density at radius 2 is 1.89 bits per heavy atom. The number of rotatable bonds is 3. The standard InChI is InChI=1S/C13H17N3O2S/c1-10(17)11-2-4-12(5-3-11)14-13(19)15-16-6-8-18-9-7-16/h2-5H,6-9H2,1H3,(H2,14,15,19). The van der Waals surface area contributed by atoms with Gasteiger partial charge in [0.1, 0.15) is 0 Å². The number of nitrogens with one attached hydrogen (secondary N) is 2. The van der Waals surface area contributed by atoms with Crippen molar-refractivity contribution in [3.63, 3.8) is 0 Å². The van der Waals surface area contributed by atoms with Gasteiger partial charge in [-0.25, -0.2) is 5.01 Å². The highest BCUT2D eigenvalue weighted by Gasteiger charge is 2.11. The molecule has 0 aliphatic carbocycles. The molecule has 1 aromatic carbocycles. The second-order valence-corrected chi connectivity index (χ2v) is 4.71. The molecule has 1 aliphatic heterocycles. The van der Waals surface area contributed by atoms with Crippen molar-refractivity contribution in [2.24, 2.45) is 0 Å². The Hall–Kier alpha value is -1.50. The molecular weight excluding hydrogens is 262 g/mol. The first-order valence-electron chi connectivity index (χ1n) is 6.16. The highest BCUT2D eigenvalue weighted by molar-refractivity contribution is 7.80. The second-order valence-electron chi connectivity index (χ2n) is 4.30. The molecule has 0 unspecified atom stereocenters. The molecule has 0 radical (unpaired) electrons. The number of hydrogen-bond acceptors (Lipinski definition) is 4. The van der Waals surface area contributed by atoms with Crippen molar-refractivity contribution in [1.29, 1.82) is 0 Å². The molecule has 0 saturated carbocycles. The number of ketones is 1. The van der Waals surface area contributed by atoms with E-state index in [0.717, 1.165) is 18.8 Å². The van der Waals surface area contributed by atoms with E-state index in [1.54, 1.807) is 19.1 Å². The summed E-state index contributed by atoms with van der Waals surface area (Å²) in [6.45, 7) is 4.59. The molecule has 5 nitrogen and oxygen atoms in total. The number of morpholine rings is 1. The minimum absolute atomic E-state index is 0.0561. The molecule has 1 fully saturated rings. The van der Waals surface area contributed by atoms with Crippen LogP contribution < -0.4 is 10.7 Å².